The SMILES string of the molecule is COc1ccc([C@H]2CN(C(=O)c3ccc(C)cc3)C[C@H]2C(=O)N2CCCCC2)cc1. The van der Waals surface area contributed by atoms with Gasteiger partial charge in [0.05, 0.1) is 13.0 Å². The first-order valence-corrected chi connectivity index (χ1v) is 10.9. The Morgan fingerprint density at radius 2 is 1.53 bits per heavy atom. The lowest BCUT2D eigenvalue weighted by Gasteiger charge is -2.31. The molecule has 2 amide bonds. The molecular weight excluding hydrogens is 376 g/mol. The Hall–Kier alpha value is -2.82. The van der Waals surface area contributed by atoms with Crippen molar-refractivity contribution in [3.8, 4) is 5.75 Å². The average molecular weight is 407 g/mol. The topological polar surface area (TPSA) is 49.9 Å². The molecule has 2 saturated heterocycles. The van der Waals surface area contributed by atoms with Crippen molar-refractivity contribution in [1.82, 2.24) is 9.80 Å². The van der Waals surface area contributed by atoms with E-state index in [4.69, 9.17) is 4.74 Å². The number of carbonyl (C=O) groups is 2. The zero-order valence-electron chi connectivity index (χ0n) is 17.8. The second-order valence-electron chi connectivity index (χ2n) is 8.45. The van der Waals surface area contributed by atoms with Gasteiger partial charge in [0.1, 0.15) is 5.75 Å². The maximum atomic E-state index is 13.4. The number of hydrogen-bond donors (Lipinski definition) is 0. The van der Waals surface area contributed by atoms with Crippen LogP contribution in [-0.4, -0.2) is 54.9 Å². The highest BCUT2D eigenvalue weighted by molar-refractivity contribution is 5.95. The number of piperidine rings is 1. The lowest BCUT2D eigenvalue weighted by atomic mass is 9.87. The molecule has 2 aliphatic rings. The van der Waals surface area contributed by atoms with Gasteiger partial charge >= 0.3 is 0 Å². The summed E-state index contributed by atoms with van der Waals surface area (Å²) in [5, 5.41) is 0. The molecule has 0 unspecified atom stereocenters. The van der Waals surface area contributed by atoms with Gasteiger partial charge in [-0.1, -0.05) is 29.8 Å². The summed E-state index contributed by atoms with van der Waals surface area (Å²) in [6.45, 7) is 4.70. The summed E-state index contributed by atoms with van der Waals surface area (Å²) in [4.78, 5) is 30.4. The Balaban J connectivity index is 1.59. The molecule has 2 heterocycles. The molecule has 2 fully saturated rings. The van der Waals surface area contributed by atoms with Gasteiger partial charge in [0.2, 0.25) is 5.91 Å². The van der Waals surface area contributed by atoms with Gasteiger partial charge in [-0.2, -0.15) is 0 Å². The minimum absolute atomic E-state index is 0.000249. The van der Waals surface area contributed by atoms with Crippen LogP contribution in [0, 0.1) is 12.8 Å². The van der Waals surface area contributed by atoms with Crippen molar-refractivity contribution in [2.75, 3.05) is 33.3 Å². The highest BCUT2D eigenvalue weighted by Crippen LogP contribution is 2.36. The van der Waals surface area contributed by atoms with Gasteiger partial charge in [-0.15, -0.1) is 0 Å². The van der Waals surface area contributed by atoms with Crippen LogP contribution in [0.4, 0.5) is 0 Å². The highest BCUT2D eigenvalue weighted by atomic mass is 16.5. The van der Waals surface area contributed by atoms with Gasteiger partial charge in [0, 0.05) is 37.7 Å². The molecule has 2 aromatic carbocycles. The minimum Gasteiger partial charge on any atom is -0.497 e. The largest absolute Gasteiger partial charge is 0.497 e. The zero-order valence-corrected chi connectivity index (χ0v) is 17.8. The van der Waals surface area contributed by atoms with Gasteiger partial charge in [-0.05, 0) is 56.0 Å². The fourth-order valence-corrected chi connectivity index (χ4v) is 4.64. The molecule has 2 aliphatic heterocycles. The van der Waals surface area contributed by atoms with Crippen LogP contribution in [-0.2, 0) is 4.79 Å². The molecular formula is C25H30N2O3. The molecule has 0 aromatic heterocycles. The number of methoxy groups -OCH3 is 1. The molecule has 5 nitrogen and oxygen atoms in total. The minimum atomic E-state index is -0.203. The second-order valence-corrected chi connectivity index (χ2v) is 8.45. The summed E-state index contributed by atoms with van der Waals surface area (Å²) in [5.74, 6) is 0.783. The lowest BCUT2D eigenvalue weighted by Crippen LogP contribution is -2.42. The van der Waals surface area contributed by atoms with E-state index in [2.05, 4.69) is 0 Å². The Morgan fingerprint density at radius 3 is 2.17 bits per heavy atom. The van der Waals surface area contributed by atoms with Crippen LogP contribution in [0.5, 0.6) is 5.75 Å². The number of rotatable bonds is 4. The Morgan fingerprint density at radius 1 is 0.867 bits per heavy atom. The zero-order chi connectivity index (χ0) is 21.1. The molecule has 4 rings (SSSR count). The Bertz CT molecular complexity index is 886. The van der Waals surface area contributed by atoms with E-state index >= 15 is 0 Å². The molecule has 0 radical (unpaired) electrons. The third kappa shape index (κ3) is 4.20. The van der Waals surface area contributed by atoms with Gasteiger partial charge in [-0.25, -0.2) is 0 Å². The number of amides is 2. The van der Waals surface area contributed by atoms with E-state index in [0.29, 0.717) is 18.7 Å². The summed E-state index contributed by atoms with van der Waals surface area (Å²) in [7, 11) is 1.65. The highest BCUT2D eigenvalue weighted by Gasteiger charge is 2.42. The average Bonchev–Trinajstić information content (AvgIpc) is 3.24. The molecule has 2 aromatic rings. The monoisotopic (exact) mass is 406 g/mol. The number of nitrogens with zero attached hydrogens (tertiary/aromatic N) is 2. The van der Waals surface area contributed by atoms with Crippen LogP contribution in [0.1, 0.15) is 46.7 Å². The van der Waals surface area contributed by atoms with E-state index in [-0.39, 0.29) is 23.7 Å². The smallest absolute Gasteiger partial charge is 0.253 e. The molecule has 158 valence electrons. The number of carbonyl (C=O) groups excluding carboxylic acids is 2. The van der Waals surface area contributed by atoms with E-state index in [1.807, 2.05) is 65.3 Å². The predicted octanol–water partition coefficient (Wildman–Crippen LogP) is 3.87. The summed E-state index contributed by atoms with van der Waals surface area (Å²) >= 11 is 0. The first-order valence-electron chi connectivity index (χ1n) is 10.9. The summed E-state index contributed by atoms with van der Waals surface area (Å²) in [5.41, 5.74) is 2.90. The van der Waals surface area contributed by atoms with Crippen molar-refractivity contribution in [3.05, 3.63) is 65.2 Å². The molecule has 0 N–H and O–H groups in total. The third-order valence-corrected chi connectivity index (χ3v) is 6.43. The number of aryl methyl sites for hydroxylation is 1. The first-order chi connectivity index (χ1) is 14.6. The molecule has 0 aliphatic carbocycles. The van der Waals surface area contributed by atoms with Crippen LogP contribution < -0.4 is 4.74 Å². The van der Waals surface area contributed by atoms with Crippen LogP contribution in [0.15, 0.2) is 48.5 Å². The van der Waals surface area contributed by atoms with Gasteiger partial charge < -0.3 is 14.5 Å². The lowest BCUT2D eigenvalue weighted by molar-refractivity contribution is -0.136. The van der Waals surface area contributed by atoms with Crippen LogP contribution in [0.25, 0.3) is 0 Å². The molecule has 2 atom stereocenters. The van der Waals surface area contributed by atoms with E-state index < -0.39 is 0 Å². The maximum absolute atomic E-state index is 13.4. The maximum Gasteiger partial charge on any atom is 0.253 e. The van der Waals surface area contributed by atoms with Crippen molar-refractivity contribution >= 4 is 11.8 Å². The number of hydrogen-bond acceptors (Lipinski definition) is 3. The number of ether oxygens (including phenoxy) is 1. The van der Waals surface area contributed by atoms with Crippen molar-refractivity contribution in [2.24, 2.45) is 5.92 Å². The van der Waals surface area contributed by atoms with Crippen LogP contribution >= 0.6 is 0 Å². The van der Waals surface area contributed by atoms with Crippen molar-refractivity contribution in [3.63, 3.8) is 0 Å². The molecule has 0 saturated carbocycles. The van der Waals surface area contributed by atoms with Gasteiger partial charge in [0.25, 0.3) is 5.91 Å². The quantitative estimate of drug-likeness (QED) is 0.774. The Kier molecular flexibility index (Phi) is 6.07. The van der Waals surface area contributed by atoms with Crippen molar-refractivity contribution in [1.29, 1.82) is 0 Å². The molecule has 0 bridgehead atoms. The van der Waals surface area contributed by atoms with E-state index in [1.54, 1.807) is 7.11 Å². The van der Waals surface area contributed by atoms with Crippen LogP contribution in [0.2, 0.25) is 0 Å². The summed E-state index contributed by atoms with van der Waals surface area (Å²) in [6.07, 6.45) is 3.32. The second kappa shape index (κ2) is 8.90. The predicted molar refractivity (Wildman–Crippen MR) is 117 cm³/mol. The van der Waals surface area contributed by atoms with E-state index in [1.165, 1.54) is 6.42 Å². The molecule has 0 spiro atoms. The third-order valence-electron chi connectivity index (χ3n) is 6.43. The number of benzene rings is 2. The first kappa shape index (κ1) is 20.5. The van der Waals surface area contributed by atoms with Gasteiger partial charge in [0.15, 0.2) is 0 Å². The Labute approximate surface area is 178 Å². The van der Waals surface area contributed by atoms with Crippen molar-refractivity contribution < 1.29 is 14.3 Å². The standard InChI is InChI=1S/C25H30N2O3/c1-18-6-8-20(9-7-18)24(28)27-16-22(19-10-12-21(30-2)13-11-19)23(17-27)25(29)26-14-4-3-5-15-26/h6-13,22-23H,3-5,14-17H2,1-2H3/t22-,23-/m1/s1. The van der Waals surface area contributed by atoms with E-state index in [9.17, 15) is 9.59 Å². The summed E-state index contributed by atoms with van der Waals surface area (Å²) in [6, 6.07) is 15.6. The van der Waals surface area contributed by atoms with Crippen LogP contribution in [0.3, 0.4) is 0 Å². The summed E-state index contributed by atoms with van der Waals surface area (Å²) < 4.78 is 5.29. The normalized spacial score (nSPS) is 21.5. The fourth-order valence-electron chi connectivity index (χ4n) is 4.64. The molecule has 30 heavy (non-hydrogen) atoms. The fraction of sp³-hybridized carbons (Fsp3) is 0.440. The van der Waals surface area contributed by atoms with E-state index in [0.717, 1.165) is 42.8 Å². The number of likely N-dealkylation sites (tertiary alicyclic amines) is 2. The molecule has 5 heteroatoms. The van der Waals surface area contributed by atoms with Gasteiger partial charge in [-0.3, -0.25) is 9.59 Å². The van der Waals surface area contributed by atoms with Crippen molar-refractivity contribution in [2.45, 2.75) is 32.1 Å².